The van der Waals surface area contributed by atoms with Crippen molar-refractivity contribution in [2.45, 2.75) is 12.8 Å². The summed E-state index contributed by atoms with van der Waals surface area (Å²) in [6, 6.07) is 9.03. The predicted molar refractivity (Wildman–Crippen MR) is 95.0 cm³/mol. The molecule has 4 rings (SSSR count). The van der Waals surface area contributed by atoms with E-state index in [0.717, 1.165) is 12.8 Å². The molecule has 1 aliphatic carbocycles. The third-order valence-electron chi connectivity index (χ3n) is 5.20. The van der Waals surface area contributed by atoms with Gasteiger partial charge in [0.25, 0.3) is 0 Å². The first-order valence-corrected chi connectivity index (χ1v) is 8.58. The van der Waals surface area contributed by atoms with E-state index in [2.05, 4.69) is 15.6 Å². The third-order valence-corrected chi connectivity index (χ3v) is 5.20. The Bertz CT molecular complexity index is 827. The molecule has 1 aliphatic heterocycles. The first kappa shape index (κ1) is 16.5. The van der Waals surface area contributed by atoms with Crippen LogP contribution in [-0.2, 0) is 4.79 Å². The van der Waals surface area contributed by atoms with Crippen LogP contribution in [0.3, 0.4) is 0 Å². The molecule has 1 aromatic carbocycles. The molecule has 1 saturated carbocycles. The minimum atomic E-state index is -0.344. The molecule has 0 radical (unpaired) electrons. The van der Waals surface area contributed by atoms with E-state index in [9.17, 15) is 14.0 Å². The lowest BCUT2D eigenvalue weighted by Crippen LogP contribution is -2.33. The van der Waals surface area contributed by atoms with Gasteiger partial charge in [0.15, 0.2) is 0 Å². The number of carbonyl (C=O) groups excluding carboxylic acids is 2. The van der Waals surface area contributed by atoms with Gasteiger partial charge in [-0.1, -0.05) is 0 Å². The summed E-state index contributed by atoms with van der Waals surface area (Å²) in [4.78, 5) is 30.5. The summed E-state index contributed by atoms with van der Waals surface area (Å²) in [5.41, 5.74) is 1.12. The molecule has 26 heavy (non-hydrogen) atoms. The van der Waals surface area contributed by atoms with E-state index >= 15 is 0 Å². The molecule has 6 nitrogen and oxygen atoms in total. The van der Waals surface area contributed by atoms with Crippen LogP contribution in [0.1, 0.15) is 12.8 Å². The third kappa shape index (κ3) is 3.24. The van der Waals surface area contributed by atoms with Crippen molar-refractivity contribution < 1.29 is 14.0 Å². The summed E-state index contributed by atoms with van der Waals surface area (Å²) in [5.74, 6) is -0.436. The lowest BCUT2D eigenvalue weighted by atomic mass is 10.0. The van der Waals surface area contributed by atoms with E-state index in [0.29, 0.717) is 24.5 Å². The largest absolute Gasteiger partial charge is 0.324 e. The molecule has 134 valence electrons. The number of nitrogens with one attached hydrogen (secondary N) is 2. The number of carbonyl (C=O) groups is 2. The maximum absolute atomic E-state index is 12.9. The number of benzene rings is 1. The number of hydrogen-bond donors (Lipinski definition) is 2. The fourth-order valence-corrected chi connectivity index (χ4v) is 3.64. The number of hydrogen-bond acceptors (Lipinski definition) is 3. The zero-order chi connectivity index (χ0) is 18.1. The second-order valence-electron chi connectivity index (χ2n) is 6.96. The van der Waals surface area contributed by atoms with Gasteiger partial charge in [0.2, 0.25) is 5.91 Å². The van der Waals surface area contributed by atoms with Crippen molar-refractivity contribution in [2.24, 2.45) is 11.3 Å². The van der Waals surface area contributed by atoms with E-state index < -0.39 is 0 Å². The molecule has 2 N–H and O–H groups in total. The molecule has 2 atom stereocenters. The van der Waals surface area contributed by atoms with Gasteiger partial charge >= 0.3 is 6.03 Å². The molecule has 2 aromatic rings. The van der Waals surface area contributed by atoms with Crippen molar-refractivity contribution in [2.75, 3.05) is 23.7 Å². The quantitative estimate of drug-likeness (QED) is 0.889. The standard InChI is InChI=1S/C19H19FN4O2/c20-13-3-5-14(6-4-13)23-18(26)24-9-7-19(12-24)10-16(19)17(25)22-15-2-1-8-21-11-15/h1-6,8,11,16H,7,9-10,12H2,(H,22,25)(H,23,26)/t16-,19-/m1/s1. The van der Waals surface area contributed by atoms with Gasteiger partial charge in [0.1, 0.15) is 5.82 Å². The van der Waals surface area contributed by atoms with Crippen molar-refractivity contribution in [3.63, 3.8) is 0 Å². The summed E-state index contributed by atoms with van der Waals surface area (Å²) in [6.07, 6.45) is 4.88. The van der Waals surface area contributed by atoms with E-state index in [1.165, 1.54) is 24.3 Å². The number of likely N-dealkylation sites (tertiary alicyclic amines) is 1. The summed E-state index contributed by atoms with van der Waals surface area (Å²) < 4.78 is 12.9. The van der Waals surface area contributed by atoms with Crippen LogP contribution in [0.15, 0.2) is 48.8 Å². The Morgan fingerprint density at radius 3 is 2.69 bits per heavy atom. The highest BCUT2D eigenvalue weighted by atomic mass is 19.1. The molecule has 1 spiro atoms. The zero-order valence-electron chi connectivity index (χ0n) is 14.1. The Kier molecular flexibility index (Phi) is 4.06. The Morgan fingerprint density at radius 2 is 1.96 bits per heavy atom. The van der Waals surface area contributed by atoms with Gasteiger partial charge in [0, 0.05) is 36.3 Å². The minimum Gasteiger partial charge on any atom is -0.324 e. The van der Waals surface area contributed by atoms with Crippen molar-refractivity contribution in [1.29, 1.82) is 0 Å². The SMILES string of the molecule is O=C(Nc1cccnc1)[C@H]1C[C@@]12CCN(C(=O)Nc1ccc(F)cc1)C2. The molecule has 2 heterocycles. The topological polar surface area (TPSA) is 74.3 Å². The average Bonchev–Trinajstić information content (AvgIpc) is 3.18. The van der Waals surface area contributed by atoms with Crippen LogP contribution >= 0.6 is 0 Å². The van der Waals surface area contributed by atoms with Crippen molar-refractivity contribution in [3.05, 3.63) is 54.6 Å². The number of nitrogens with zero attached hydrogens (tertiary/aromatic N) is 2. The summed E-state index contributed by atoms with van der Waals surface area (Å²) in [6.45, 7) is 1.18. The van der Waals surface area contributed by atoms with Crippen LogP contribution < -0.4 is 10.6 Å². The van der Waals surface area contributed by atoms with E-state index in [4.69, 9.17) is 0 Å². The maximum Gasteiger partial charge on any atom is 0.321 e. The second kappa shape index (κ2) is 6.40. The second-order valence-corrected chi connectivity index (χ2v) is 6.96. The number of anilines is 2. The predicted octanol–water partition coefficient (Wildman–Crippen LogP) is 3.10. The highest BCUT2D eigenvalue weighted by Gasteiger charge is 2.61. The smallest absolute Gasteiger partial charge is 0.321 e. The van der Waals surface area contributed by atoms with Crippen molar-refractivity contribution in [1.82, 2.24) is 9.88 Å². The van der Waals surface area contributed by atoms with Gasteiger partial charge in [-0.3, -0.25) is 9.78 Å². The van der Waals surface area contributed by atoms with Gasteiger partial charge in [0.05, 0.1) is 11.9 Å². The minimum absolute atomic E-state index is 0.0150. The lowest BCUT2D eigenvalue weighted by Gasteiger charge is -2.17. The monoisotopic (exact) mass is 354 g/mol. The molecule has 2 aliphatic rings. The highest BCUT2D eigenvalue weighted by molar-refractivity contribution is 5.95. The molecular formula is C19H19FN4O2. The number of urea groups is 1. The van der Waals surface area contributed by atoms with E-state index in [-0.39, 0.29) is 29.1 Å². The van der Waals surface area contributed by atoms with Crippen LogP contribution in [0, 0.1) is 17.2 Å². The molecule has 3 amide bonds. The summed E-state index contributed by atoms with van der Waals surface area (Å²) >= 11 is 0. The highest BCUT2D eigenvalue weighted by Crippen LogP contribution is 2.58. The van der Waals surface area contributed by atoms with Crippen LogP contribution in [0.25, 0.3) is 0 Å². The molecule has 2 fully saturated rings. The van der Waals surface area contributed by atoms with Gasteiger partial charge in [-0.15, -0.1) is 0 Å². The molecule has 0 bridgehead atoms. The average molecular weight is 354 g/mol. The fraction of sp³-hybridized carbons (Fsp3) is 0.316. The number of rotatable bonds is 3. The molecule has 1 aromatic heterocycles. The maximum atomic E-state index is 12.9. The van der Waals surface area contributed by atoms with Gasteiger partial charge in [-0.2, -0.15) is 0 Å². The summed E-state index contributed by atoms with van der Waals surface area (Å²) in [7, 11) is 0. The zero-order valence-corrected chi connectivity index (χ0v) is 14.1. The fourth-order valence-electron chi connectivity index (χ4n) is 3.64. The van der Waals surface area contributed by atoms with Gasteiger partial charge < -0.3 is 15.5 Å². The first-order chi connectivity index (χ1) is 12.6. The molecule has 0 unspecified atom stereocenters. The Hall–Kier alpha value is -2.96. The number of amides is 3. The summed E-state index contributed by atoms with van der Waals surface area (Å²) in [5, 5.41) is 5.66. The molecule has 7 heteroatoms. The van der Waals surface area contributed by atoms with Gasteiger partial charge in [-0.05, 0) is 49.2 Å². The normalized spacial score (nSPS) is 23.7. The number of pyridine rings is 1. The van der Waals surface area contributed by atoms with Crippen molar-refractivity contribution in [3.8, 4) is 0 Å². The Balaban J connectivity index is 1.33. The van der Waals surface area contributed by atoms with Crippen molar-refractivity contribution >= 4 is 23.3 Å². The van der Waals surface area contributed by atoms with E-state index in [1.807, 2.05) is 0 Å². The molecule has 1 saturated heterocycles. The Morgan fingerprint density at radius 1 is 1.15 bits per heavy atom. The number of halogens is 1. The Labute approximate surface area is 150 Å². The first-order valence-electron chi connectivity index (χ1n) is 8.58. The van der Waals surface area contributed by atoms with Gasteiger partial charge in [-0.25, -0.2) is 9.18 Å². The molecular weight excluding hydrogens is 335 g/mol. The number of aromatic nitrogens is 1. The van der Waals surface area contributed by atoms with E-state index in [1.54, 1.807) is 29.4 Å². The van der Waals surface area contributed by atoms with Crippen LogP contribution in [0.2, 0.25) is 0 Å². The lowest BCUT2D eigenvalue weighted by molar-refractivity contribution is -0.118. The van der Waals surface area contributed by atoms with Crippen LogP contribution in [-0.4, -0.2) is 34.9 Å². The van der Waals surface area contributed by atoms with Crippen LogP contribution in [0.4, 0.5) is 20.6 Å². The van der Waals surface area contributed by atoms with Crippen LogP contribution in [0.5, 0.6) is 0 Å².